The molecule has 1 aromatic carbocycles. The Labute approximate surface area is 222 Å². The number of benzene rings is 1. The van der Waals surface area contributed by atoms with E-state index >= 15 is 0 Å². The minimum Gasteiger partial charge on any atom is -0.503 e. The number of pyridine rings is 1. The van der Waals surface area contributed by atoms with E-state index in [0.717, 1.165) is 23.5 Å². The molecule has 2 aromatic heterocycles. The number of aromatic hydroxyl groups is 1. The first-order valence-corrected chi connectivity index (χ1v) is 12.9. The van der Waals surface area contributed by atoms with Crippen molar-refractivity contribution in [3.05, 3.63) is 62.5 Å². The van der Waals surface area contributed by atoms with Crippen LogP contribution in [0.3, 0.4) is 0 Å². The Balaban J connectivity index is 1.67. The zero-order valence-corrected chi connectivity index (χ0v) is 22.5. The molecule has 1 aliphatic rings. The third-order valence-electron chi connectivity index (χ3n) is 6.28. The molecule has 0 saturated heterocycles. The zero-order chi connectivity index (χ0) is 27.9. The molecule has 0 spiro atoms. The van der Waals surface area contributed by atoms with E-state index in [0.29, 0.717) is 5.01 Å². The van der Waals surface area contributed by atoms with Gasteiger partial charge in [-0.15, -0.1) is 10.2 Å². The van der Waals surface area contributed by atoms with Gasteiger partial charge in [0, 0.05) is 43.2 Å². The fourth-order valence-corrected chi connectivity index (χ4v) is 5.20. The van der Waals surface area contributed by atoms with Crippen LogP contribution in [0.15, 0.2) is 29.2 Å². The van der Waals surface area contributed by atoms with Crippen LogP contribution in [0, 0.1) is 17.0 Å². The first-order chi connectivity index (χ1) is 17.8. The van der Waals surface area contributed by atoms with Gasteiger partial charge in [-0.1, -0.05) is 38.2 Å². The van der Waals surface area contributed by atoms with Gasteiger partial charge in [-0.25, -0.2) is 8.78 Å². The second-order valence-corrected chi connectivity index (χ2v) is 11.6. The number of fused-ring (bicyclic) bond motifs is 1. The second-order valence-electron chi connectivity index (χ2n) is 10.6. The lowest BCUT2D eigenvalue weighted by Crippen LogP contribution is -2.56. The molecule has 0 fully saturated rings. The zero-order valence-electron chi connectivity index (χ0n) is 21.7. The van der Waals surface area contributed by atoms with Crippen molar-refractivity contribution in [2.24, 2.45) is 5.41 Å². The van der Waals surface area contributed by atoms with Crippen molar-refractivity contribution in [1.29, 1.82) is 0 Å². The topological polar surface area (TPSA) is 117 Å². The summed E-state index contributed by atoms with van der Waals surface area (Å²) in [4.78, 5) is 40.5. The molecule has 0 radical (unpaired) electrons. The number of hydrogen-bond donors (Lipinski definition) is 2. The number of rotatable bonds is 6. The summed E-state index contributed by atoms with van der Waals surface area (Å²) in [6.45, 7) is 9.42. The molecular formula is C26H29F2N5O4S. The number of hydrogen-bond acceptors (Lipinski definition) is 7. The predicted molar refractivity (Wildman–Crippen MR) is 138 cm³/mol. The summed E-state index contributed by atoms with van der Waals surface area (Å²) in [5.41, 5.74) is -1.26. The maximum Gasteiger partial charge on any atom is 0.275 e. The van der Waals surface area contributed by atoms with E-state index < -0.39 is 40.2 Å². The number of carbonyl (C=O) groups excluding carboxylic acids is 2. The fraction of sp³-hybridized carbons (Fsp3) is 0.423. The van der Waals surface area contributed by atoms with Crippen LogP contribution in [0.25, 0.3) is 10.6 Å². The molecular weight excluding hydrogens is 516 g/mol. The molecule has 0 bridgehead atoms. The summed E-state index contributed by atoms with van der Waals surface area (Å²) in [7, 11) is 0. The maximum atomic E-state index is 14.1. The SMILES string of the molecule is CC(C)N1C(=O)c2c(O)c(=O)c(-c3nnc(Cc4ccc(F)cc4F)s3)cn2C[C@H]1CNC(=O)C(C)(C)C. The minimum atomic E-state index is -0.775. The van der Waals surface area contributed by atoms with Crippen molar-refractivity contribution in [2.45, 2.75) is 59.7 Å². The van der Waals surface area contributed by atoms with Crippen molar-refractivity contribution < 1.29 is 23.5 Å². The molecule has 1 atom stereocenters. The maximum absolute atomic E-state index is 14.1. The molecule has 2 amide bonds. The van der Waals surface area contributed by atoms with Gasteiger partial charge in [0.05, 0.1) is 11.6 Å². The van der Waals surface area contributed by atoms with Gasteiger partial charge < -0.3 is 19.9 Å². The molecule has 2 N–H and O–H groups in total. The van der Waals surface area contributed by atoms with Crippen LogP contribution in [0.4, 0.5) is 8.78 Å². The third-order valence-corrected chi connectivity index (χ3v) is 7.24. The Morgan fingerprint density at radius 1 is 1.24 bits per heavy atom. The largest absolute Gasteiger partial charge is 0.503 e. The Kier molecular flexibility index (Phi) is 7.37. The smallest absolute Gasteiger partial charge is 0.275 e. The molecule has 12 heteroatoms. The number of aromatic nitrogens is 3. The Bertz CT molecular complexity index is 1460. The van der Waals surface area contributed by atoms with Gasteiger partial charge >= 0.3 is 0 Å². The molecule has 3 aromatic rings. The van der Waals surface area contributed by atoms with Gasteiger partial charge in [0.15, 0.2) is 16.5 Å². The molecule has 3 heterocycles. The Hall–Kier alpha value is -3.67. The number of nitrogens with zero attached hydrogens (tertiary/aromatic N) is 4. The van der Waals surface area contributed by atoms with Crippen LogP contribution < -0.4 is 10.7 Å². The highest BCUT2D eigenvalue weighted by molar-refractivity contribution is 7.14. The van der Waals surface area contributed by atoms with Crippen molar-refractivity contribution in [1.82, 2.24) is 25.0 Å². The lowest BCUT2D eigenvalue weighted by Gasteiger charge is -2.40. The summed E-state index contributed by atoms with van der Waals surface area (Å²) in [5.74, 6) is -2.79. The van der Waals surface area contributed by atoms with E-state index in [1.165, 1.54) is 16.8 Å². The number of nitrogens with one attached hydrogen (secondary N) is 1. The monoisotopic (exact) mass is 545 g/mol. The second kappa shape index (κ2) is 10.2. The average Bonchev–Trinajstić information content (AvgIpc) is 3.28. The minimum absolute atomic E-state index is 0.0397. The average molecular weight is 546 g/mol. The van der Waals surface area contributed by atoms with Crippen LogP contribution in [0.2, 0.25) is 0 Å². The van der Waals surface area contributed by atoms with Crippen molar-refractivity contribution in [3.8, 4) is 16.3 Å². The standard InChI is InChI=1S/C26H29F2N5O4S/c1-13(2)33-16(10-29-25(37)26(3,4)5)11-32-12-17(21(34)22(35)20(32)24(33)36)23-31-30-19(38-23)8-14-6-7-15(27)9-18(14)28/h6-7,9,12-13,16,35H,8,10-11H2,1-5H3,(H,29,37)/t16-/m1/s1. The van der Waals surface area contributed by atoms with Gasteiger partial charge in [0.25, 0.3) is 5.91 Å². The van der Waals surface area contributed by atoms with Gasteiger partial charge in [0.1, 0.15) is 16.6 Å². The van der Waals surface area contributed by atoms with Gasteiger partial charge in [-0.05, 0) is 25.5 Å². The van der Waals surface area contributed by atoms with Crippen molar-refractivity contribution in [3.63, 3.8) is 0 Å². The van der Waals surface area contributed by atoms with Crippen LogP contribution >= 0.6 is 11.3 Å². The Morgan fingerprint density at radius 3 is 2.58 bits per heavy atom. The molecule has 202 valence electrons. The van der Waals surface area contributed by atoms with Gasteiger partial charge in [-0.3, -0.25) is 14.4 Å². The molecule has 0 saturated carbocycles. The lowest BCUT2D eigenvalue weighted by atomic mass is 9.95. The van der Waals surface area contributed by atoms with Gasteiger partial charge in [0.2, 0.25) is 11.3 Å². The van der Waals surface area contributed by atoms with Crippen LogP contribution in [-0.2, 0) is 17.8 Å². The van der Waals surface area contributed by atoms with Crippen molar-refractivity contribution in [2.75, 3.05) is 6.54 Å². The Morgan fingerprint density at radius 2 is 1.95 bits per heavy atom. The molecule has 4 rings (SSSR count). The van der Waals surface area contributed by atoms with E-state index in [-0.39, 0.29) is 53.3 Å². The summed E-state index contributed by atoms with van der Waals surface area (Å²) in [5, 5.41) is 22.3. The van der Waals surface area contributed by atoms with E-state index in [1.54, 1.807) is 25.7 Å². The molecule has 9 nitrogen and oxygen atoms in total. The molecule has 38 heavy (non-hydrogen) atoms. The first kappa shape index (κ1) is 27.4. The van der Waals surface area contributed by atoms with Crippen LogP contribution in [-0.4, -0.2) is 55.2 Å². The molecule has 1 aliphatic heterocycles. The summed E-state index contributed by atoms with van der Waals surface area (Å²) >= 11 is 1.03. The highest BCUT2D eigenvalue weighted by atomic mass is 32.1. The summed E-state index contributed by atoms with van der Waals surface area (Å²) in [6.07, 6.45) is 1.49. The summed E-state index contributed by atoms with van der Waals surface area (Å²) in [6, 6.07) is 2.56. The highest BCUT2D eigenvalue weighted by Gasteiger charge is 2.38. The normalized spacial score (nSPS) is 15.6. The lowest BCUT2D eigenvalue weighted by molar-refractivity contribution is -0.128. The van der Waals surface area contributed by atoms with E-state index in [9.17, 15) is 28.3 Å². The molecule has 0 unspecified atom stereocenters. The van der Waals surface area contributed by atoms with Crippen LogP contribution in [0.1, 0.15) is 55.7 Å². The van der Waals surface area contributed by atoms with Crippen molar-refractivity contribution >= 4 is 23.2 Å². The van der Waals surface area contributed by atoms with E-state index in [1.807, 2.05) is 13.8 Å². The van der Waals surface area contributed by atoms with Gasteiger partial charge in [-0.2, -0.15) is 0 Å². The van der Waals surface area contributed by atoms with E-state index in [4.69, 9.17) is 0 Å². The number of carbonyl (C=O) groups is 2. The predicted octanol–water partition coefficient (Wildman–Crippen LogP) is 3.34. The third kappa shape index (κ3) is 5.31. The molecule has 0 aliphatic carbocycles. The summed E-state index contributed by atoms with van der Waals surface area (Å²) < 4.78 is 28.8. The quantitative estimate of drug-likeness (QED) is 0.491. The number of halogens is 2. The van der Waals surface area contributed by atoms with Crippen LogP contribution in [0.5, 0.6) is 5.75 Å². The highest BCUT2D eigenvalue weighted by Crippen LogP contribution is 2.30. The van der Waals surface area contributed by atoms with E-state index in [2.05, 4.69) is 15.5 Å². The number of amides is 2. The first-order valence-electron chi connectivity index (χ1n) is 12.1. The fourth-order valence-electron chi connectivity index (χ4n) is 4.33.